The number of carbonyl (C=O) groups excluding carboxylic acids is 2. The number of anilines is 2. The fourth-order valence-electron chi connectivity index (χ4n) is 3.48. The van der Waals surface area contributed by atoms with E-state index in [1.165, 1.54) is 39.5 Å². The van der Waals surface area contributed by atoms with Crippen LogP contribution in [-0.4, -0.2) is 66.1 Å². The Hall–Kier alpha value is -3.67. The van der Waals surface area contributed by atoms with Gasteiger partial charge in [0.1, 0.15) is 11.3 Å². The summed E-state index contributed by atoms with van der Waals surface area (Å²) in [7, 11) is 4.14. The van der Waals surface area contributed by atoms with Gasteiger partial charge in [0.25, 0.3) is 5.91 Å². The van der Waals surface area contributed by atoms with E-state index in [0.29, 0.717) is 37.7 Å². The Morgan fingerprint density at radius 1 is 0.971 bits per heavy atom. The van der Waals surface area contributed by atoms with Crippen molar-refractivity contribution in [3.63, 3.8) is 0 Å². The van der Waals surface area contributed by atoms with Gasteiger partial charge in [-0.3, -0.25) is 4.79 Å². The second kappa shape index (κ2) is 11.2. The van der Waals surface area contributed by atoms with Crippen molar-refractivity contribution in [1.29, 1.82) is 0 Å². The third kappa shape index (κ3) is 6.27. The number of amides is 1. The molecule has 3 rings (SSSR count). The average Bonchev–Trinajstić information content (AvgIpc) is 2.86. The Bertz CT molecular complexity index is 1070. The van der Waals surface area contributed by atoms with E-state index in [1.807, 2.05) is 0 Å². The van der Waals surface area contributed by atoms with Gasteiger partial charge >= 0.3 is 12.1 Å². The van der Waals surface area contributed by atoms with Gasteiger partial charge in [-0.25, -0.2) is 4.79 Å². The highest BCUT2D eigenvalue weighted by atomic mass is 19.4. The van der Waals surface area contributed by atoms with E-state index in [2.05, 4.69) is 5.32 Å². The normalized spacial score (nSPS) is 13.7. The predicted molar refractivity (Wildman–Crippen MR) is 119 cm³/mol. The van der Waals surface area contributed by atoms with Crippen LogP contribution < -0.4 is 24.4 Å². The number of carbonyl (C=O) groups is 2. The summed E-state index contributed by atoms with van der Waals surface area (Å²) in [4.78, 5) is 26.9. The number of halogens is 3. The first-order chi connectivity index (χ1) is 16.7. The van der Waals surface area contributed by atoms with Crippen molar-refractivity contribution in [3.8, 4) is 17.2 Å². The number of methoxy groups -OCH3 is 3. The van der Waals surface area contributed by atoms with E-state index >= 15 is 0 Å². The molecule has 0 bridgehead atoms. The van der Waals surface area contributed by atoms with Crippen molar-refractivity contribution in [2.45, 2.75) is 6.18 Å². The lowest BCUT2D eigenvalue weighted by molar-refractivity contribution is -0.137. The van der Waals surface area contributed by atoms with Gasteiger partial charge in [0, 0.05) is 25.2 Å². The standard InChI is InChI=1S/C23H25F3N2O7/c1-31-18-12-20(33-3)19(32-2)11-15(18)22(30)35-13-21(29)27-16-10-14(23(24,25)26)4-5-17(16)28-6-8-34-9-7-28/h4-5,10-12H,6-9,13H2,1-3H3,(H,27,29). The van der Waals surface area contributed by atoms with Crippen LogP contribution in [0.4, 0.5) is 24.5 Å². The molecule has 12 heteroatoms. The molecule has 0 atom stereocenters. The van der Waals surface area contributed by atoms with E-state index < -0.39 is 30.2 Å². The molecule has 0 spiro atoms. The molecule has 1 aliphatic rings. The number of alkyl halides is 3. The molecule has 35 heavy (non-hydrogen) atoms. The summed E-state index contributed by atoms with van der Waals surface area (Å²) in [5, 5.41) is 2.42. The fourth-order valence-corrected chi connectivity index (χ4v) is 3.48. The first-order valence-electron chi connectivity index (χ1n) is 10.5. The van der Waals surface area contributed by atoms with E-state index in [1.54, 1.807) is 4.90 Å². The monoisotopic (exact) mass is 498 g/mol. The minimum atomic E-state index is -4.60. The van der Waals surface area contributed by atoms with Crippen molar-refractivity contribution in [2.75, 3.05) is 64.5 Å². The quantitative estimate of drug-likeness (QED) is 0.554. The average molecular weight is 498 g/mol. The second-order valence-corrected chi connectivity index (χ2v) is 7.36. The lowest BCUT2D eigenvalue weighted by Gasteiger charge is -2.31. The first-order valence-corrected chi connectivity index (χ1v) is 10.5. The van der Waals surface area contributed by atoms with E-state index in [0.717, 1.165) is 12.1 Å². The molecule has 2 aromatic carbocycles. The van der Waals surface area contributed by atoms with Crippen molar-refractivity contribution in [1.82, 2.24) is 0 Å². The van der Waals surface area contributed by atoms with Crippen molar-refractivity contribution in [2.24, 2.45) is 0 Å². The van der Waals surface area contributed by atoms with E-state index in [9.17, 15) is 22.8 Å². The third-order valence-electron chi connectivity index (χ3n) is 5.21. The Morgan fingerprint density at radius 2 is 1.60 bits per heavy atom. The fraction of sp³-hybridized carbons (Fsp3) is 0.391. The molecular weight excluding hydrogens is 473 g/mol. The summed E-state index contributed by atoms with van der Waals surface area (Å²) >= 11 is 0. The van der Waals surface area contributed by atoms with Gasteiger partial charge in [0.2, 0.25) is 0 Å². The van der Waals surface area contributed by atoms with Crippen molar-refractivity contribution in [3.05, 3.63) is 41.5 Å². The molecule has 2 aromatic rings. The summed E-state index contributed by atoms with van der Waals surface area (Å²) in [5.74, 6) is -1.02. The zero-order chi connectivity index (χ0) is 25.6. The lowest BCUT2D eigenvalue weighted by atomic mass is 10.1. The number of morpholine rings is 1. The highest BCUT2D eigenvalue weighted by molar-refractivity contribution is 5.99. The SMILES string of the molecule is COc1cc(OC)c(C(=O)OCC(=O)Nc2cc(C(F)(F)F)ccc2N2CCOCC2)cc1OC. The predicted octanol–water partition coefficient (Wildman–Crippen LogP) is 3.36. The summed E-state index contributed by atoms with van der Waals surface area (Å²) < 4.78 is 65.7. The highest BCUT2D eigenvalue weighted by Crippen LogP contribution is 2.36. The minimum absolute atomic E-state index is 0.0222. The van der Waals surface area contributed by atoms with Gasteiger partial charge in [-0.2, -0.15) is 13.2 Å². The van der Waals surface area contributed by atoms with Gasteiger partial charge < -0.3 is 33.9 Å². The van der Waals surface area contributed by atoms with E-state index in [4.69, 9.17) is 23.7 Å². The van der Waals surface area contributed by atoms with Gasteiger partial charge in [-0.1, -0.05) is 0 Å². The van der Waals surface area contributed by atoms with Crippen LogP contribution in [0.25, 0.3) is 0 Å². The maximum absolute atomic E-state index is 13.3. The van der Waals surface area contributed by atoms with E-state index in [-0.39, 0.29) is 22.7 Å². The van der Waals surface area contributed by atoms with Crippen LogP contribution in [0.3, 0.4) is 0 Å². The Balaban J connectivity index is 1.76. The third-order valence-corrected chi connectivity index (χ3v) is 5.21. The molecule has 0 unspecified atom stereocenters. The molecular formula is C23H25F3N2O7. The number of nitrogens with one attached hydrogen (secondary N) is 1. The maximum Gasteiger partial charge on any atom is 0.416 e. The highest BCUT2D eigenvalue weighted by Gasteiger charge is 2.32. The molecule has 1 saturated heterocycles. The summed E-state index contributed by atoms with van der Waals surface area (Å²) in [6.45, 7) is 0.956. The summed E-state index contributed by atoms with van der Waals surface area (Å²) in [6.07, 6.45) is -4.60. The van der Waals surface area contributed by atoms with Crippen LogP contribution >= 0.6 is 0 Å². The molecule has 0 saturated carbocycles. The van der Waals surface area contributed by atoms with Gasteiger partial charge in [-0.05, 0) is 18.2 Å². The van der Waals surface area contributed by atoms with Crippen LogP contribution in [0.5, 0.6) is 17.2 Å². The van der Waals surface area contributed by atoms with Crippen LogP contribution in [0.2, 0.25) is 0 Å². The largest absolute Gasteiger partial charge is 0.496 e. The maximum atomic E-state index is 13.3. The van der Waals surface area contributed by atoms with Crippen LogP contribution in [-0.2, 0) is 20.4 Å². The lowest BCUT2D eigenvalue weighted by Crippen LogP contribution is -2.37. The smallest absolute Gasteiger partial charge is 0.416 e. The molecule has 0 aromatic heterocycles. The molecule has 1 fully saturated rings. The molecule has 1 amide bonds. The van der Waals surface area contributed by atoms with Crippen molar-refractivity contribution < 1.29 is 46.4 Å². The van der Waals surface area contributed by atoms with Crippen LogP contribution in [0, 0.1) is 0 Å². The first kappa shape index (κ1) is 25.9. The molecule has 9 nitrogen and oxygen atoms in total. The minimum Gasteiger partial charge on any atom is -0.496 e. The number of hydrogen-bond donors (Lipinski definition) is 1. The zero-order valence-corrected chi connectivity index (χ0v) is 19.4. The Labute approximate surface area is 199 Å². The molecule has 1 N–H and O–H groups in total. The topological polar surface area (TPSA) is 95.6 Å². The molecule has 190 valence electrons. The number of rotatable bonds is 8. The molecule has 1 heterocycles. The summed E-state index contributed by atoms with van der Waals surface area (Å²) in [5.41, 5.74) is -0.586. The van der Waals surface area contributed by atoms with Gasteiger partial charge in [-0.15, -0.1) is 0 Å². The molecule has 1 aliphatic heterocycles. The number of esters is 1. The number of benzene rings is 2. The zero-order valence-electron chi connectivity index (χ0n) is 19.4. The van der Waals surface area contributed by atoms with Crippen molar-refractivity contribution >= 4 is 23.3 Å². The van der Waals surface area contributed by atoms with Gasteiger partial charge in [0.05, 0.1) is 51.5 Å². The van der Waals surface area contributed by atoms with Crippen LogP contribution in [0.15, 0.2) is 30.3 Å². The Morgan fingerprint density at radius 3 is 2.20 bits per heavy atom. The number of ether oxygens (including phenoxy) is 5. The molecule has 0 radical (unpaired) electrons. The number of hydrogen-bond acceptors (Lipinski definition) is 8. The Kier molecular flexibility index (Phi) is 8.28. The molecule has 0 aliphatic carbocycles. The number of nitrogens with zero attached hydrogens (tertiary/aromatic N) is 1. The summed E-state index contributed by atoms with van der Waals surface area (Å²) in [6, 6.07) is 5.85. The second-order valence-electron chi connectivity index (χ2n) is 7.36. The van der Waals surface area contributed by atoms with Gasteiger partial charge in [0.15, 0.2) is 18.1 Å². The van der Waals surface area contributed by atoms with Crippen LogP contribution in [0.1, 0.15) is 15.9 Å².